The molecule has 0 bridgehead atoms. The van der Waals surface area contributed by atoms with Crippen LogP contribution in [0.4, 0.5) is 0 Å². The normalized spacial score (nSPS) is 24.6. The zero-order chi connectivity index (χ0) is 12.4. The van der Waals surface area contributed by atoms with Crippen molar-refractivity contribution < 1.29 is 5.11 Å². The molecule has 0 aromatic rings. The van der Waals surface area contributed by atoms with Gasteiger partial charge in [-0.2, -0.15) is 0 Å². The molecule has 0 fully saturated rings. The maximum absolute atomic E-state index is 9.88. The molecule has 0 saturated carbocycles. The van der Waals surface area contributed by atoms with E-state index in [0.29, 0.717) is 0 Å². The molecule has 0 aliphatic heterocycles. The molecule has 0 aromatic carbocycles. The van der Waals surface area contributed by atoms with Gasteiger partial charge in [-0.1, -0.05) is 38.2 Å². The molecule has 1 aliphatic carbocycles. The van der Waals surface area contributed by atoms with Crippen LogP contribution in [0.15, 0.2) is 36.0 Å². The van der Waals surface area contributed by atoms with Crippen molar-refractivity contribution in [2.45, 2.75) is 52.6 Å². The Hall–Kier alpha value is -0.820. The first kappa shape index (κ1) is 13.2. The van der Waals surface area contributed by atoms with Crippen molar-refractivity contribution >= 4 is 0 Å². The second-order valence-electron chi connectivity index (χ2n) is 5.69. The summed E-state index contributed by atoms with van der Waals surface area (Å²) in [6.45, 7) is 12.1. The van der Waals surface area contributed by atoms with E-state index >= 15 is 0 Å². The Bertz CT molecular complexity index is 329. The molecule has 1 aliphatic rings. The van der Waals surface area contributed by atoms with Crippen LogP contribution in [-0.2, 0) is 0 Å². The Balaban J connectivity index is 2.98. The van der Waals surface area contributed by atoms with E-state index in [-0.39, 0.29) is 5.41 Å². The van der Waals surface area contributed by atoms with Gasteiger partial charge in [-0.15, -0.1) is 0 Å². The predicted octanol–water partition coefficient (Wildman–Crippen LogP) is 4.01. The fraction of sp³-hybridized carbons (Fsp3) is 0.600. The van der Waals surface area contributed by atoms with Crippen LogP contribution in [0.1, 0.15) is 47.0 Å². The van der Waals surface area contributed by atoms with Gasteiger partial charge in [0, 0.05) is 0 Å². The summed E-state index contributed by atoms with van der Waals surface area (Å²) in [5, 5.41) is 9.88. The first-order valence-electron chi connectivity index (χ1n) is 6.04. The van der Waals surface area contributed by atoms with Crippen LogP contribution >= 0.6 is 0 Å². The maximum Gasteiger partial charge on any atom is 0.0981 e. The second kappa shape index (κ2) is 4.58. The molecule has 0 amide bonds. The van der Waals surface area contributed by atoms with E-state index in [2.05, 4.69) is 33.4 Å². The third-order valence-corrected chi connectivity index (χ3v) is 3.54. The van der Waals surface area contributed by atoms with Gasteiger partial charge >= 0.3 is 0 Å². The predicted molar refractivity (Wildman–Crippen MR) is 70.3 cm³/mol. The Morgan fingerprint density at radius 2 is 2.06 bits per heavy atom. The van der Waals surface area contributed by atoms with Crippen molar-refractivity contribution in [2.75, 3.05) is 0 Å². The highest BCUT2D eigenvalue weighted by Gasteiger charge is 2.27. The summed E-state index contributed by atoms with van der Waals surface area (Å²) in [5.74, 6) is 0. The third-order valence-electron chi connectivity index (χ3n) is 3.54. The number of allylic oxidation sites excluding steroid dienone is 3. The summed E-state index contributed by atoms with van der Waals surface area (Å²) in [6, 6.07) is 0. The summed E-state index contributed by atoms with van der Waals surface area (Å²) in [5.41, 5.74) is 2.16. The summed E-state index contributed by atoms with van der Waals surface area (Å²) in [4.78, 5) is 0. The minimum Gasteiger partial charge on any atom is -0.382 e. The number of hydrogen-bond acceptors (Lipinski definition) is 1. The van der Waals surface area contributed by atoms with Crippen LogP contribution in [0.5, 0.6) is 0 Å². The lowest BCUT2D eigenvalue weighted by Gasteiger charge is -2.33. The average Bonchev–Trinajstić information content (AvgIpc) is 2.16. The van der Waals surface area contributed by atoms with Crippen LogP contribution in [0, 0.1) is 5.41 Å². The van der Waals surface area contributed by atoms with Crippen molar-refractivity contribution in [3.05, 3.63) is 36.0 Å². The van der Waals surface area contributed by atoms with Gasteiger partial charge in [-0.25, -0.2) is 0 Å². The van der Waals surface area contributed by atoms with E-state index in [0.717, 1.165) is 0 Å². The molecular weight excluding hydrogens is 196 g/mol. The first-order chi connectivity index (χ1) is 7.28. The molecule has 0 spiro atoms. The molecule has 0 saturated heterocycles. The molecule has 16 heavy (non-hydrogen) atoms. The third kappa shape index (κ3) is 3.08. The molecule has 0 radical (unpaired) electrons. The molecule has 1 N–H and O–H groups in total. The van der Waals surface area contributed by atoms with Gasteiger partial charge in [0.1, 0.15) is 0 Å². The number of aliphatic hydroxyl groups is 1. The molecule has 90 valence electrons. The molecule has 1 nitrogen and oxygen atoms in total. The van der Waals surface area contributed by atoms with Crippen LogP contribution in [0.2, 0.25) is 0 Å². The summed E-state index contributed by atoms with van der Waals surface area (Å²) in [7, 11) is 0. The van der Waals surface area contributed by atoms with E-state index in [1.54, 1.807) is 13.0 Å². The van der Waals surface area contributed by atoms with Gasteiger partial charge in [-0.05, 0) is 50.2 Å². The van der Waals surface area contributed by atoms with Crippen molar-refractivity contribution in [3.63, 3.8) is 0 Å². The van der Waals surface area contributed by atoms with Crippen LogP contribution in [-0.4, -0.2) is 10.7 Å². The molecule has 1 heteroatoms. The molecule has 1 atom stereocenters. The lowest BCUT2D eigenvalue weighted by Crippen LogP contribution is -2.21. The summed E-state index contributed by atoms with van der Waals surface area (Å²) >= 11 is 0. The Morgan fingerprint density at radius 3 is 2.56 bits per heavy atom. The topological polar surface area (TPSA) is 20.2 Å². The maximum atomic E-state index is 9.88. The van der Waals surface area contributed by atoms with Gasteiger partial charge in [0.05, 0.1) is 5.60 Å². The minimum atomic E-state index is -0.902. The van der Waals surface area contributed by atoms with Crippen LogP contribution in [0.25, 0.3) is 0 Å². The smallest absolute Gasteiger partial charge is 0.0981 e. The molecule has 0 heterocycles. The van der Waals surface area contributed by atoms with Gasteiger partial charge in [-0.3, -0.25) is 0 Å². The number of hydrogen-bond donors (Lipinski definition) is 1. The highest BCUT2D eigenvalue weighted by Crippen LogP contribution is 2.40. The van der Waals surface area contributed by atoms with Gasteiger partial charge < -0.3 is 5.11 Å². The molecular formula is C15H24O. The largest absolute Gasteiger partial charge is 0.382 e. The SMILES string of the molecule is C=CC(C)(O)/C=C\C1=C(C)CCCC1(C)C. The Morgan fingerprint density at radius 1 is 1.44 bits per heavy atom. The van der Waals surface area contributed by atoms with Crippen molar-refractivity contribution in [2.24, 2.45) is 5.41 Å². The van der Waals surface area contributed by atoms with Crippen LogP contribution in [0.3, 0.4) is 0 Å². The summed E-state index contributed by atoms with van der Waals surface area (Å²) in [6.07, 6.45) is 9.16. The number of rotatable bonds is 3. The summed E-state index contributed by atoms with van der Waals surface area (Å²) < 4.78 is 0. The zero-order valence-electron chi connectivity index (χ0n) is 11.0. The van der Waals surface area contributed by atoms with E-state index in [1.165, 1.54) is 30.4 Å². The van der Waals surface area contributed by atoms with Crippen molar-refractivity contribution in [1.82, 2.24) is 0 Å². The van der Waals surface area contributed by atoms with E-state index in [9.17, 15) is 5.11 Å². The lowest BCUT2D eigenvalue weighted by molar-refractivity contribution is 0.164. The van der Waals surface area contributed by atoms with Gasteiger partial charge in [0.2, 0.25) is 0 Å². The zero-order valence-corrected chi connectivity index (χ0v) is 11.0. The Labute approximate surface area is 99.6 Å². The molecule has 1 rings (SSSR count). The first-order valence-corrected chi connectivity index (χ1v) is 6.04. The van der Waals surface area contributed by atoms with E-state index in [1.807, 2.05) is 6.08 Å². The fourth-order valence-electron chi connectivity index (χ4n) is 2.33. The Kier molecular flexibility index (Phi) is 3.80. The van der Waals surface area contributed by atoms with Crippen molar-refractivity contribution in [1.29, 1.82) is 0 Å². The van der Waals surface area contributed by atoms with Crippen LogP contribution < -0.4 is 0 Å². The quantitative estimate of drug-likeness (QED) is 0.713. The monoisotopic (exact) mass is 220 g/mol. The standard InChI is InChI=1S/C15H24O/c1-6-15(5,16)11-9-13-12(2)8-7-10-14(13,3)4/h6,9,11,16H,1,7-8,10H2,2-5H3/b11-9-. The fourth-order valence-corrected chi connectivity index (χ4v) is 2.33. The molecule has 1 unspecified atom stereocenters. The van der Waals surface area contributed by atoms with Gasteiger partial charge in [0.25, 0.3) is 0 Å². The molecule has 0 aromatic heterocycles. The van der Waals surface area contributed by atoms with Gasteiger partial charge in [0.15, 0.2) is 0 Å². The average molecular weight is 220 g/mol. The lowest BCUT2D eigenvalue weighted by atomic mass is 9.72. The minimum absolute atomic E-state index is 0.232. The highest BCUT2D eigenvalue weighted by molar-refractivity contribution is 5.34. The highest BCUT2D eigenvalue weighted by atomic mass is 16.3. The van der Waals surface area contributed by atoms with E-state index in [4.69, 9.17) is 0 Å². The van der Waals surface area contributed by atoms with E-state index < -0.39 is 5.60 Å². The van der Waals surface area contributed by atoms with Crippen molar-refractivity contribution in [3.8, 4) is 0 Å². The second-order valence-corrected chi connectivity index (χ2v) is 5.69.